The molecule has 5 atom stereocenters. The van der Waals surface area contributed by atoms with Gasteiger partial charge >= 0.3 is 17.8 Å². The Morgan fingerprint density at radius 3 is 1.78 bits per heavy atom. The van der Waals surface area contributed by atoms with Crippen molar-refractivity contribution in [3.8, 4) is 17.2 Å². The minimum atomic E-state index is -1.95. The number of nitrogens with zero attached hydrogens (tertiary/aromatic N) is 5. The van der Waals surface area contributed by atoms with Crippen LogP contribution in [0.3, 0.4) is 0 Å². The first kappa shape index (κ1) is 91.6. The molecule has 0 aliphatic carbocycles. The Morgan fingerprint density at radius 1 is 0.569 bits per heavy atom. The van der Waals surface area contributed by atoms with E-state index in [1.807, 2.05) is 36.6 Å². The second-order valence-electron chi connectivity index (χ2n) is 29.8. The van der Waals surface area contributed by atoms with Crippen LogP contribution < -0.4 is 77.2 Å². The summed E-state index contributed by atoms with van der Waals surface area (Å²) in [5.41, 5.74) is 12.8. The van der Waals surface area contributed by atoms with E-state index in [4.69, 9.17) is 49.0 Å². The van der Waals surface area contributed by atoms with E-state index in [1.165, 1.54) is 0 Å². The predicted molar refractivity (Wildman–Crippen MR) is 456 cm³/mol. The van der Waals surface area contributed by atoms with Crippen molar-refractivity contribution in [1.29, 1.82) is 5.41 Å². The van der Waals surface area contributed by atoms with E-state index in [1.54, 1.807) is 61.7 Å². The number of aliphatic carboxylic acids is 1. The number of amides is 11. The van der Waals surface area contributed by atoms with E-state index in [9.17, 15) is 62.6 Å². The van der Waals surface area contributed by atoms with Gasteiger partial charge < -0.3 is 101 Å². The molecule has 11 amide bonds. The predicted octanol–water partition coefficient (Wildman–Crippen LogP) is 2.35. The Bertz CT molecular complexity index is 4670. The highest BCUT2D eigenvalue weighted by molar-refractivity contribution is 8.00. The average Bonchev–Trinajstić information content (AvgIpc) is 1.55. The fraction of sp³-hybridized carbons (Fsp3) is 0.453. The number of guanidine groups is 1. The molecule has 6 aliphatic rings. The lowest BCUT2D eigenvalue weighted by molar-refractivity contribution is -0.145. The number of rotatable bonds is 26. The van der Waals surface area contributed by atoms with Crippen molar-refractivity contribution >= 4 is 122 Å². The second kappa shape index (κ2) is 45.6. The molecular weight excluding hydrogens is 1610 g/mol. The number of anilines is 4. The number of carbonyl (C=O) groups excluding carboxylic acids is 11. The molecule has 6 heterocycles. The molecule has 12 N–H and O–H groups in total. The number of ether oxygens (including phenoxy) is 8. The maximum atomic E-state index is 14.4. The number of carboxylic acids is 1. The van der Waals surface area contributed by atoms with Crippen molar-refractivity contribution in [3.05, 3.63) is 149 Å². The van der Waals surface area contributed by atoms with Crippen molar-refractivity contribution in [2.24, 2.45) is 5.73 Å². The van der Waals surface area contributed by atoms with Crippen LogP contribution in [0.5, 0.6) is 17.2 Å². The number of imide groups is 3. The van der Waals surface area contributed by atoms with Crippen molar-refractivity contribution in [3.63, 3.8) is 0 Å². The zero-order valence-electron chi connectivity index (χ0n) is 69.1. The minimum absolute atomic E-state index is 0.00227. The number of hydrogen-bond donors (Lipinski definition) is 11. The summed E-state index contributed by atoms with van der Waals surface area (Å²) in [5, 5.41) is 37.1. The largest absolute Gasteiger partial charge is 0.490 e. The minimum Gasteiger partial charge on any atom is -0.490 e. The van der Waals surface area contributed by atoms with Gasteiger partial charge in [-0.15, -0.1) is 11.8 Å². The molecule has 0 radical (unpaired) electrons. The van der Waals surface area contributed by atoms with Gasteiger partial charge in [0.05, 0.1) is 101 Å². The monoisotopic (exact) mass is 1720 g/mol. The third kappa shape index (κ3) is 26.0. The molecule has 6 aromatic rings. The van der Waals surface area contributed by atoms with Gasteiger partial charge in [-0.1, -0.05) is 60.7 Å². The van der Waals surface area contributed by atoms with Gasteiger partial charge in [-0.25, -0.2) is 0 Å². The first-order valence-electron chi connectivity index (χ1n) is 41.1. The molecule has 6 aliphatic heterocycles. The number of carbonyl (C=O) groups is 12. The first-order chi connectivity index (χ1) is 59.5. The summed E-state index contributed by atoms with van der Waals surface area (Å²) in [6.45, 7) is 11.8. The van der Waals surface area contributed by atoms with Crippen LogP contribution in [0.25, 0.3) is 10.8 Å². The van der Waals surface area contributed by atoms with Crippen LogP contribution in [0.2, 0.25) is 0 Å². The van der Waals surface area contributed by atoms with Crippen LogP contribution in [0.1, 0.15) is 75.1 Å². The maximum absolute atomic E-state index is 14.4. The number of hydrogen-bond acceptors (Lipinski definition) is 26. The number of aryl methyl sites for hydroxylation is 2. The molecule has 36 nitrogen and oxygen atoms in total. The molecule has 12 rings (SSSR count). The van der Waals surface area contributed by atoms with E-state index in [0.29, 0.717) is 153 Å². The van der Waals surface area contributed by atoms with Crippen molar-refractivity contribution in [2.75, 3.05) is 184 Å². The van der Waals surface area contributed by atoms with Crippen LogP contribution in [0.15, 0.2) is 115 Å². The maximum Gasteiger partial charge on any atom is 0.315 e. The van der Waals surface area contributed by atoms with Crippen LogP contribution in [0.4, 0.5) is 22.7 Å². The zero-order chi connectivity index (χ0) is 87.3. The zero-order valence-corrected chi connectivity index (χ0v) is 69.9. The van der Waals surface area contributed by atoms with Gasteiger partial charge in [-0.3, -0.25) is 78.1 Å². The summed E-state index contributed by atoms with van der Waals surface area (Å²) >= 11 is 0.782. The van der Waals surface area contributed by atoms with Crippen molar-refractivity contribution in [1.82, 2.24) is 47.0 Å². The van der Waals surface area contributed by atoms with Crippen molar-refractivity contribution < 1.29 is 101 Å². The first-order valence-corrected chi connectivity index (χ1v) is 42.1. The highest BCUT2D eigenvalue weighted by atomic mass is 32.2. The third-order valence-electron chi connectivity index (χ3n) is 21.0. The van der Waals surface area contributed by atoms with Gasteiger partial charge in [-0.05, 0) is 110 Å². The van der Waals surface area contributed by atoms with Crippen LogP contribution >= 0.6 is 11.8 Å². The summed E-state index contributed by atoms with van der Waals surface area (Å²) in [5.74, 6) is -11.3. The Balaban J connectivity index is 0.724. The third-order valence-corrected chi connectivity index (χ3v) is 22.3. The molecule has 0 spiro atoms. The Hall–Kier alpha value is -12.2. The number of nitrogens with two attached hydrogens (primary N) is 1. The summed E-state index contributed by atoms with van der Waals surface area (Å²) < 4.78 is 50.2. The molecule has 0 saturated carbocycles. The molecule has 3 fully saturated rings. The quantitative estimate of drug-likeness (QED) is 0.00927. The highest BCUT2D eigenvalue weighted by Crippen LogP contribution is 2.37. The molecule has 37 heteroatoms. The van der Waals surface area contributed by atoms with Gasteiger partial charge in [0.1, 0.15) is 61.2 Å². The lowest BCUT2D eigenvalue weighted by Crippen LogP contribution is -2.59. The standard InChI is InChI=1S/C86H107N15O21S/c1-54-14-19-66-69(47-54)120-39-33-99(34-40-121-70-48-55(2)15-20-67(70)98-31-37-118-44-42-116-35-29-97(66)30-36-117-43-45-119-38-32-98)68-21-16-57(50-71(68)122-46-41-115-3)22-25-89-61-18-17-60-76-58(61)11-7-12-59(76)83(112)101(84(60)113)28-26-90-73(102)23-27-100-74(103)52-72(85(100)114)123-53-65-80(109)92-62(13-8-24-91-86(87)88)77(106)96-82(111)81(110)94-64(51-75(104)105)79(108)93-63(78(107)95-65)49-56-9-5-4-6-10-56/h4-7,9-12,14-21,47-48,50,62-65,72,89H,8,13,22-46,49,51-53H2,1-3H3,(H,90,102)(H,92,109)(H,93,108)(H,94,110)(H,95,107)(H,104,105)(H4,87,88,91)(H,96,106,111)/t62-,63-,64+,65?,72?/m0/s1. The van der Waals surface area contributed by atoms with Crippen LogP contribution in [-0.4, -0.2) is 285 Å². The van der Waals surface area contributed by atoms with Gasteiger partial charge in [0.2, 0.25) is 41.4 Å². The number of methoxy groups -OCH3 is 1. The molecular formula is C86H107N15O21S. The van der Waals surface area contributed by atoms with E-state index >= 15 is 0 Å². The van der Waals surface area contributed by atoms with E-state index in [-0.39, 0.29) is 69.6 Å². The SMILES string of the molecule is COCCOc1cc(CCNc2ccc3c4c(cccc24)C(=O)N(CCNC(=O)CCN2C(=O)CC(SCC4NC(=O)[C@H](Cc5ccccc5)NC(=O)[C@@H](CC(=O)O)NC(=O)C(=O)NC(=O)[C@H](CCCNC(=N)N)NC4=O)C2=O)C3=O)ccc1N1CCOc2cc(C)ccc2N2CCOCCOCCN(CCOCCOCC2)c2ccc(C)cc2OCC1. The number of fused-ring (bicyclic) bond motifs is 20. The molecule has 0 aromatic heterocycles. The van der Waals surface area contributed by atoms with Gasteiger partial charge in [0, 0.05) is 119 Å². The number of likely N-dealkylation sites (tertiary alicyclic amines) is 1. The van der Waals surface area contributed by atoms with E-state index in [2.05, 4.69) is 95.1 Å². The van der Waals surface area contributed by atoms with E-state index in [0.717, 1.165) is 66.8 Å². The summed E-state index contributed by atoms with van der Waals surface area (Å²) in [6, 6.07) is 28.6. The number of carboxylic acid groups (broad SMARTS) is 1. The number of benzene rings is 6. The van der Waals surface area contributed by atoms with E-state index < -0.39 is 125 Å². The molecule has 2 unspecified atom stereocenters. The number of nitrogens with one attached hydrogen (secondary N) is 9. The van der Waals surface area contributed by atoms with Crippen LogP contribution in [0, 0.1) is 19.3 Å². The summed E-state index contributed by atoms with van der Waals surface area (Å²) in [7, 11) is 1.62. The molecule has 2 bridgehead atoms. The van der Waals surface area contributed by atoms with Crippen molar-refractivity contribution in [2.45, 2.75) is 88.2 Å². The molecule has 6 aromatic carbocycles. The fourth-order valence-electron chi connectivity index (χ4n) is 14.7. The summed E-state index contributed by atoms with van der Waals surface area (Å²) in [4.78, 5) is 173. The fourth-order valence-corrected chi connectivity index (χ4v) is 15.8. The van der Waals surface area contributed by atoms with Crippen LogP contribution in [-0.2, 0) is 84.5 Å². The molecule has 3 saturated heterocycles. The topological polar surface area (TPSA) is 461 Å². The smallest absolute Gasteiger partial charge is 0.315 e. The highest BCUT2D eigenvalue weighted by Gasteiger charge is 2.42. The summed E-state index contributed by atoms with van der Waals surface area (Å²) in [6.07, 6.45) is -1.79. The second-order valence-corrected chi connectivity index (χ2v) is 31.1. The number of thioether (sulfide) groups is 1. The Morgan fingerprint density at radius 2 is 1.15 bits per heavy atom. The average molecular weight is 1720 g/mol. The normalized spacial score (nSPS) is 19.8. The van der Waals surface area contributed by atoms with Gasteiger partial charge in [0.15, 0.2) is 5.96 Å². The lowest BCUT2D eigenvalue weighted by atomic mass is 9.93. The Labute approximate surface area is 715 Å². The van der Waals surface area contributed by atoms with Gasteiger partial charge in [0.25, 0.3) is 11.8 Å². The van der Waals surface area contributed by atoms with Gasteiger partial charge in [-0.2, -0.15) is 0 Å². The lowest BCUT2D eigenvalue weighted by Gasteiger charge is -2.30. The Kier molecular flexibility index (Phi) is 34.0. The molecule has 123 heavy (non-hydrogen) atoms. The molecule has 658 valence electrons.